The Morgan fingerprint density at radius 1 is 1.27 bits per heavy atom. The Hall–Kier alpha value is -1.46. The van der Waals surface area contributed by atoms with Crippen LogP contribution >= 0.6 is 0 Å². The zero-order valence-corrected chi connectivity index (χ0v) is 8.34. The molecule has 2 aromatic rings. The number of halogens is 3. The average Bonchev–Trinajstić information content (AvgIpc) is 2.41. The van der Waals surface area contributed by atoms with E-state index in [9.17, 15) is 12.9 Å². The number of hydrogen-bond donors (Lipinski definition) is 0. The Bertz CT molecular complexity index is 516. The lowest BCUT2D eigenvalue weighted by molar-refractivity contribution is 0.501. The molecule has 0 amide bonds. The minimum Gasteiger partial charge on any atom is -0.445 e. The summed E-state index contributed by atoms with van der Waals surface area (Å²) in [6.07, 6.45) is 0. The minimum atomic E-state index is -4.93. The van der Waals surface area contributed by atoms with E-state index in [1.165, 1.54) is 6.07 Å². The lowest BCUT2D eigenvalue weighted by Crippen LogP contribution is -2.33. The van der Waals surface area contributed by atoms with Gasteiger partial charge in [-0.3, -0.25) is 4.68 Å². The van der Waals surface area contributed by atoms with Crippen LogP contribution in [0.25, 0.3) is 10.9 Å². The second kappa shape index (κ2) is 3.02. The molecule has 0 unspecified atom stereocenters. The molecular formula is C9H9BF3N2-. The Kier molecular flexibility index (Phi) is 2.03. The average molecular weight is 213 g/mol. The SMILES string of the molecule is Cc1c2cc([B-](F)(F)F)ccc2nn1C. The molecule has 0 spiro atoms. The van der Waals surface area contributed by atoms with E-state index in [1.54, 1.807) is 18.7 Å². The molecule has 6 heteroatoms. The molecule has 1 heterocycles. The molecule has 0 radical (unpaired) electrons. The van der Waals surface area contributed by atoms with E-state index >= 15 is 0 Å². The zero-order valence-electron chi connectivity index (χ0n) is 8.34. The van der Waals surface area contributed by atoms with Crippen LogP contribution in [0.4, 0.5) is 12.9 Å². The molecule has 0 fully saturated rings. The van der Waals surface area contributed by atoms with Gasteiger partial charge < -0.3 is 12.9 Å². The van der Waals surface area contributed by atoms with E-state index in [0.29, 0.717) is 10.9 Å². The molecule has 2 nitrogen and oxygen atoms in total. The smallest absolute Gasteiger partial charge is 0.445 e. The van der Waals surface area contributed by atoms with Crippen molar-refractivity contribution in [3.8, 4) is 0 Å². The molecule has 80 valence electrons. The quantitative estimate of drug-likeness (QED) is 0.661. The number of rotatable bonds is 1. The van der Waals surface area contributed by atoms with Gasteiger partial charge in [0.2, 0.25) is 0 Å². The monoisotopic (exact) mass is 213 g/mol. The van der Waals surface area contributed by atoms with Gasteiger partial charge in [-0.2, -0.15) is 5.10 Å². The number of fused-ring (bicyclic) bond motifs is 1. The maximum absolute atomic E-state index is 12.5. The third-order valence-electron chi connectivity index (χ3n) is 2.53. The second-order valence-electron chi connectivity index (χ2n) is 3.56. The minimum absolute atomic E-state index is 0.564. The highest BCUT2D eigenvalue weighted by atomic mass is 19.4. The van der Waals surface area contributed by atoms with Crippen molar-refractivity contribution in [1.29, 1.82) is 0 Å². The summed E-state index contributed by atoms with van der Waals surface area (Å²) in [5, 5.41) is 4.66. The largest absolute Gasteiger partial charge is 0.509 e. The molecule has 1 aromatic heterocycles. The molecule has 0 aliphatic rings. The summed E-state index contributed by atoms with van der Waals surface area (Å²) in [5.41, 5.74) is 0.768. The Morgan fingerprint density at radius 3 is 2.53 bits per heavy atom. The molecular weight excluding hydrogens is 204 g/mol. The lowest BCUT2D eigenvalue weighted by Gasteiger charge is -2.14. The third-order valence-corrected chi connectivity index (χ3v) is 2.53. The van der Waals surface area contributed by atoms with Crippen molar-refractivity contribution in [3.05, 3.63) is 23.9 Å². The van der Waals surface area contributed by atoms with Crippen molar-refractivity contribution in [2.45, 2.75) is 6.92 Å². The first kappa shape index (κ1) is 10.1. The van der Waals surface area contributed by atoms with E-state index in [4.69, 9.17) is 0 Å². The summed E-state index contributed by atoms with van der Waals surface area (Å²) < 4.78 is 39.0. The van der Waals surface area contributed by atoms with Crippen LogP contribution in [0.3, 0.4) is 0 Å². The standard InChI is InChI=1S/C9H9BF3N2/c1-6-8-5-7(10(11,12)13)3-4-9(8)14-15(6)2/h3-5H,1-2H3/q-1. The number of aromatic nitrogens is 2. The molecule has 0 bridgehead atoms. The van der Waals surface area contributed by atoms with Gasteiger partial charge in [0.15, 0.2) is 0 Å². The number of hydrogen-bond acceptors (Lipinski definition) is 1. The summed E-state index contributed by atoms with van der Waals surface area (Å²) in [4.78, 5) is 0. The summed E-state index contributed by atoms with van der Waals surface area (Å²) in [7, 11) is 1.72. The Labute approximate surface area is 84.8 Å². The van der Waals surface area contributed by atoms with Gasteiger partial charge in [-0.1, -0.05) is 12.1 Å². The highest BCUT2D eigenvalue weighted by Crippen LogP contribution is 2.18. The molecule has 2 rings (SSSR count). The summed E-state index contributed by atoms with van der Waals surface area (Å²) in [6, 6.07) is 3.65. The summed E-state index contributed by atoms with van der Waals surface area (Å²) >= 11 is 0. The predicted molar refractivity (Wildman–Crippen MR) is 54.2 cm³/mol. The van der Waals surface area contributed by atoms with Crippen LogP contribution in [-0.4, -0.2) is 16.8 Å². The van der Waals surface area contributed by atoms with Gasteiger partial charge in [-0.25, -0.2) is 0 Å². The second-order valence-corrected chi connectivity index (χ2v) is 3.56. The first-order valence-electron chi connectivity index (χ1n) is 4.53. The molecule has 0 N–H and O–H groups in total. The van der Waals surface area contributed by atoms with Crippen LogP contribution in [0, 0.1) is 6.92 Å². The molecule has 15 heavy (non-hydrogen) atoms. The van der Waals surface area contributed by atoms with E-state index in [-0.39, 0.29) is 0 Å². The van der Waals surface area contributed by atoms with Gasteiger partial charge in [-0.05, 0) is 13.0 Å². The van der Waals surface area contributed by atoms with Gasteiger partial charge in [0.1, 0.15) is 0 Å². The summed E-state index contributed by atoms with van der Waals surface area (Å²) in [5.74, 6) is 0. The topological polar surface area (TPSA) is 17.8 Å². The van der Waals surface area contributed by atoms with Crippen molar-refractivity contribution >= 4 is 23.3 Å². The van der Waals surface area contributed by atoms with Gasteiger partial charge in [-0.15, -0.1) is 5.46 Å². The fourth-order valence-electron chi connectivity index (χ4n) is 1.55. The highest BCUT2D eigenvalue weighted by molar-refractivity contribution is 6.73. The van der Waals surface area contributed by atoms with Crippen LogP contribution in [0.15, 0.2) is 18.2 Å². The van der Waals surface area contributed by atoms with Crippen LogP contribution < -0.4 is 5.46 Å². The lowest BCUT2D eigenvalue weighted by atomic mass is 9.79. The predicted octanol–water partition coefficient (Wildman–Crippen LogP) is 1.94. The number of aryl methyl sites for hydroxylation is 2. The maximum Gasteiger partial charge on any atom is 0.509 e. The first-order valence-corrected chi connectivity index (χ1v) is 4.53. The van der Waals surface area contributed by atoms with E-state index in [2.05, 4.69) is 5.10 Å². The van der Waals surface area contributed by atoms with Crippen LogP contribution in [0.5, 0.6) is 0 Å². The molecule has 1 aromatic carbocycles. The molecule has 0 aliphatic heterocycles. The molecule has 0 atom stereocenters. The van der Waals surface area contributed by atoms with Crippen LogP contribution in [0.1, 0.15) is 5.69 Å². The van der Waals surface area contributed by atoms with Gasteiger partial charge in [0.25, 0.3) is 0 Å². The molecule has 0 aliphatic carbocycles. The Balaban J connectivity index is 2.70. The summed E-state index contributed by atoms with van der Waals surface area (Å²) in [6.45, 7) is -3.18. The van der Waals surface area contributed by atoms with Crippen molar-refractivity contribution in [2.75, 3.05) is 0 Å². The Morgan fingerprint density at radius 2 is 1.93 bits per heavy atom. The van der Waals surface area contributed by atoms with E-state index < -0.39 is 12.4 Å². The molecule has 0 saturated carbocycles. The van der Waals surface area contributed by atoms with Gasteiger partial charge in [0, 0.05) is 18.1 Å². The molecule has 0 saturated heterocycles. The van der Waals surface area contributed by atoms with Crippen LogP contribution in [-0.2, 0) is 7.05 Å². The fraction of sp³-hybridized carbons (Fsp3) is 0.222. The normalized spacial score (nSPS) is 12.3. The first-order chi connectivity index (χ1) is 6.89. The van der Waals surface area contributed by atoms with Crippen LogP contribution in [0.2, 0.25) is 0 Å². The van der Waals surface area contributed by atoms with E-state index in [1.807, 2.05) is 0 Å². The number of benzene rings is 1. The number of nitrogens with zero attached hydrogens (tertiary/aromatic N) is 2. The van der Waals surface area contributed by atoms with Crippen molar-refractivity contribution in [2.24, 2.45) is 7.05 Å². The fourth-order valence-corrected chi connectivity index (χ4v) is 1.55. The zero-order chi connectivity index (χ0) is 11.2. The highest BCUT2D eigenvalue weighted by Gasteiger charge is 2.25. The van der Waals surface area contributed by atoms with Gasteiger partial charge >= 0.3 is 6.98 Å². The van der Waals surface area contributed by atoms with E-state index in [0.717, 1.165) is 17.8 Å². The van der Waals surface area contributed by atoms with Gasteiger partial charge in [0.05, 0.1) is 5.52 Å². The third kappa shape index (κ3) is 1.60. The van der Waals surface area contributed by atoms with Crippen molar-refractivity contribution in [1.82, 2.24) is 9.78 Å². The maximum atomic E-state index is 12.5. The van der Waals surface area contributed by atoms with Crippen molar-refractivity contribution in [3.63, 3.8) is 0 Å². The van der Waals surface area contributed by atoms with Crippen molar-refractivity contribution < 1.29 is 12.9 Å².